The van der Waals surface area contributed by atoms with E-state index in [9.17, 15) is 4.79 Å². The first-order valence-electron chi connectivity index (χ1n) is 7.54. The van der Waals surface area contributed by atoms with E-state index in [1.807, 2.05) is 6.92 Å². The molecule has 0 saturated heterocycles. The molecule has 0 atom stereocenters. The van der Waals surface area contributed by atoms with Crippen molar-refractivity contribution in [3.63, 3.8) is 0 Å². The Balaban J connectivity index is 3.01. The molecule has 0 fully saturated rings. The summed E-state index contributed by atoms with van der Waals surface area (Å²) in [6.07, 6.45) is 10.0. The van der Waals surface area contributed by atoms with E-state index in [1.165, 1.54) is 32.1 Å². The summed E-state index contributed by atoms with van der Waals surface area (Å²) < 4.78 is 10.4. The molecule has 0 rings (SSSR count). The van der Waals surface area contributed by atoms with Crippen LogP contribution in [0.15, 0.2) is 0 Å². The van der Waals surface area contributed by atoms with E-state index in [4.69, 9.17) is 9.47 Å². The third kappa shape index (κ3) is 13.5. The summed E-state index contributed by atoms with van der Waals surface area (Å²) in [7, 11) is 0. The lowest BCUT2D eigenvalue weighted by Gasteiger charge is -2.04. The van der Waals surface area contributed by atoms with Crippen molar-refractivity contribution in [2.75, 3.05) is 19.8 Å². The van der Waals surface area contributed by atoms with Crippen molar-refractivity contribution in [3.05, 3.63) is 0 Å². The SMILES string of the molecule is CCCCCCCOCCCCCC(=O)OCC. The van der Waals surface area contributed by atoms with Crippen molar-refractivity contribution in [1.29, 1.82) is 0 Å². The highest BCUT2D eigenvalue weighted by molar-refractivity contribution is 5.69. The van der Waals surface area contributed by atoms with Gasteiger partial charge in [0.15, 0.2) is 0 Å². The molecule has 0 aliphatic heterocycles. The first-order chi connectivity index (χ1) is 8.81. The van der Waals surface area contributed by atoms with Gasteiger partial charge in [0, 0.05) is 19.6 Å². The normalized spacial score (nSPS) is 10.6. The second kappa shape index (κ2) is 14.5. The van der Waals surface area contributed by atoms with E-state index < -0.39 is 0 Å². The van der Waals surface area contributed by atoms with Crippen LogP contribution in [0, 0.1) is 0 Å². The predicted octanol–water partition coefficient (Wildman–Crippen LogP) is 4.10. The molecular weight excluding hydrogens is 228 g/mol. The molecule has 0 heterocycles. The summed E-state index contributed by atoms with van der Waals surface area (Å²) in [4.78, 5) is 11.0. The Morgan fingerprint density at radius 3 is 2.06 bits per heavy atom. The zero-order valence-corrected chi connectivity index (χ0v) is 12.2. The number of ether oxygens (including phenoxy) is 2. The van der Waals surface area contributed by atoms with Crippen LogP contribution in [-0.2, 0) is 14.3 Å². The molecule has 0 aromatic heterocycles. The smallest absolute Gasteiger partial charge is 0.305 e. The zero-order valence-electron chi connectivity index (χ0n) is 12.2. The molecule has 0 aromatic carbocycles. The van der Waals surface area contributed by atoms with E-state index in [1.54, 1.807) is 0 Å². The standard InChI is InChI=1S/C15H30O3/c1-3-5-6-7-10-13-17-14-11-8-9-12-15(16)18-4-2/h3-14H2,1-2H3. The van der Waals surface area contributed by atoms with Crippen molar-refractivity contribution in [2.45, 2.75) is 71.6 Å². The first-order valence-corrected chi connectivity index (χ1v) is 7.54. The molecule has 3 heteroatoms. The van der Waals surface area contributed by atoms with Gasteiger partial charge in [-0.3, -0.25) is 4.79 Å². The topological polar surface area (TPSA) is 35.5 Å². The number of carbonyl (C=O) groups is 1. The quantitative estimate of drug-likeness (QED) is 0.368. The van der Waals surface area contributed by atoms with Crippen LogP contribution in [0.1, 0.15) is 71.6 Å². The molecule has 0 aromatic rings. The van der Waals surface area contributed by atoms with Crippen LogP contribution < -0.4 is 0 Å². The van der Waals surface area contributed by atoms with E-state index in [0.717, 1.165) is 32.5 Å². The highest BCUT2D eigenvalue weighted by atomic mass is 16.5. The van der Waals surface area contributed by atoms with Crippen molar-refractivity contribution < 1.29 is 14.3 Å². The highest BCUT2D eigenvalue weighted by Gasteiger charge is 2.00. The minimum atomic E-state index is -0.0747. The molecule has 0 amide bonds. The summed E-state index contributed by atoms with van der Waals surface area (Å²) in [5.74, 6) is -0.0747. The number of unbranched alkanes of at least 4 members (excludes halogenated alkanes) is 6. The fraction of sp³-hybridized carbons (Fsp3) is 0.933. The Morgan fingerprint density at radius 1 is 0.833 bits per heavy atom. The second-order valence-electron chi connectivity index (χ2n) is 4.64. The lowest BCUT2D eigenvalue weighted by atomic mass is 10.2. The summed E-state index contributed by atoms with van der Waals surface area (Å²) in [6.45, 7) is 6.28. The monoisotopic (exact) mass is 258 g/mol. The van der Waals surface area contributed by atoms with Crippen molar-refractivity contribution in [1.82, 2.24) is 0 Å². The molecule has 0 aliphatic rings. The Labute approximate surface area is 112 Å². The second-order valence-corrected chi connectivity index (χ2v) is 4.64. The van der Waals surface area contributed by atoms with Crippen LogP contribution in [0.5, 0.6) is 0 Å². The van der Waals surface area contributed by atoms with Gasteiger partial charge in [0.05, 0.1) is 6.61 Å². The molecule has 108 valence electrons. The molecule has 0 N–H and O–H groups in total. The van der Waals surface area contributed by atoms with E-state index >= 15 is 0 Å². The number of hydrogen-bond donors (Lipinski definition) is 0. The van der Waals surface area contributed by atoms with Gasteiger partial charge >= 0.3 is 5.97 Å². The van der Waals surface area contributed by atoms with Gasteiger partial charge < -0.3 is 9.47 Å². The summed E-state index contributed by atoms with van der Waals surface area (Å²) >= 11 is 0. The zero-order chi connectivity index (χ0) is 13.5. The highest BCUT2D eigenvalue weighted by Crippen LogP contribution is 2.04. The van der Waals surface area contributed by atoms with E-state index in [0.29, 0.717) is 13.0 Å². The van der Waals surface area contributed by atoms with Gasteiger partial charge in [-0.2, -0.15) is 0 Å². The third-order valence-electron chi connectivity index (χ3n) is 2.87. The van der Waals surface area contributed by atoms with Crippen molar-refractivity contribution in [3.8, 4) is 0 Å². The molecule has 0 bridgehead atoms. The Kier molecular flexibility index (Phi) is 14.0. The average Bonchev–Trinajstić information content (AvgIpc) is 2.36. The Morgan fingerprint density at radius 2 is 1.44 bits per heavy atom. The minimum Gasteiger partial charge on any atom is -0.466 e. The van der Waals surface area contributed by atoms with Gasteiger partial charge in [-0.25, -0.2) is 0 Å². The van der Waals surface area contributed by atoms with Gasteiger partial charge in [-0.15, -0.1) is 0 Å². The fourth-order valence-electron chi connectivity index (χ4n) is 1.79. The lowest BCUT2D eigenvalue weighted by molar-refractivity contribution is -0.143. The molecule has 0 unspecified atom stereocenters. The third-order valence-corrected chi connectivity index (χ3v) is 2.87. The maximum atomic E-state index is 11.0. The summed E-state index contributed by atoms with van der Waals surface area (Å²) in [5, 5.41) is 0. The Hall–Kier alpha value is -0.570. The number of esters is 1. The van der Waals surface area contributed by atoms with Gasteiger partial charge in [-0.05, 0) is 26.2 Å². The summed E-state index contributed by atoms with van der Waals surface area (Å²) in [6, 6.07) is 0. The van der Waals surface area contributed by atoms with E-state index in [2.05, 4.69) is 6.92 Å². The first kappa shape index (κ1) is 17.4. The molecule has 0 saturated carbocycles. The average molecular weight is 258 g/mol. The number of rotatable bonds is 13. The van der Waals surface area contributed by atoms with Gasteiger partial charge in [0.25, 0.3) is 0 Å². The van der Waals surface area contributed by atoms with Gasteiger partial charge in [-0.1, -0.05) is 39.0 Å². The Bertz CT molecular complexity index is 181. The number of hydrogen-bond acceptors (Lipinski definition) is 3. The molecule has 18 heavy (non-hydrogen) atoms. The van der Waals surface area contributed by atoms with Crippen LogP contribution in [0.2, 0.25) is 0 Å². The fourth-order valence-corrected chi connectivity index (χ4v) is 1.79. The van der Waals surface area contributed by atoms with Gasteiger partial charge in [0.1, 0.15) is 0 Å². The van der Waals surface area contributed by atoms with Crippen LogP contribution in [0.3, 0.4) is 0 Å². The summed E-state index contributed by atoms with van der Waals surface area (Å²) in [5.41, 5.74) is 0. The maximum absolute atomic E-state index is 11.0. The van der Waals surface area contributed by atoms with Gasteiger partial charge in [0.2, 0.25) is 0 Å². The number of carbonyl (C=O) groups excluding carboxylic acids is 1. The van der Waals surface area contributed by atoms with Crippen LogP contribution in [0.4, 0.5) is 0 Å². The van der Waals surface area contributed by atoms with Crippen LogP contribution in [0.25, 0.3) is 0 Å². The van der Waals surface area contributed by atoms with Crippen LogP contribution in [-0.4, -0.2) is 25.8 Å². The molecule has 3 nitrogen and oxygen atoms in total. The molecular formula is C15H30O3. The van der Waals surface area contributed by atoms with Crippen molar-refractivity contribution in [2.24, 2.45) is 0 Å². The largest absolute Gasteiger partial charge is 0.466 e. The maximum Gasteiger partial charge on any atom is 0.305 e. The molecule has 0 spiro atoms. The van der Waals surface area contributed by atoms with Crippen molar-refractivity contribution >= 4 is 5.97 Å². The van der Waals surface area contributed by atoms with E-state index in [-0.39, 0.29) is 5.97 Å². The van der Waals surface area contributed by atoms with Crippen LogP contribution >= 0.6 is 0 Å². The predicted molar refractivity (Wildman–Crippen MR) is 74.7 cm³/mol. The molecule has 0 aliphatic carbocycles. The lowest BCUT2D eigenvalue weighted by Crippen LogP contribution is -2.03. The minimum absolute atomic E-state index is 0.0747. The molecule has 0 radical (unpaired) electrons.